The van der Waals surface area contributed by atoms with Gasteiger partial charge in [-0.25, -0.2) is 15.0 Å². The third-order valence-corrected chi connectivity index (χ3v) is 14.5. The minimum atomic E-state index is -0.732. The van der Waals surface area contributed by atoms with Crippen LogP contribution in [0.5, 0.6) is 0 Å². The highest BCUT2D eigenvalue weighted by Crippen LogP contribution is 2.58. The van der Waals surface area contributed by atoms with Crippen molar-refractivity contribution in [3.8, 4) is 56.7 Å². The Kier molecular flexibility index (Phi) is 8.86. The zero-order valence-electron chi connectivity index (χ0n) is 37.7. The van der Waals surface area contributed by atoms with Gasteiger partial charge in [0.1, 0.15) is 0 Å². The summed E-state index contributed by atoms with van der Waals surface area (Å²) in [6.07, 6.45) is 6.64. The third kappa shape index (κ3) is 6.00. The van der Waals surface area contributed by atoms with Gasteiger partial charge in [0, 0.05) is 49.9 Å². The molecule has 12 aromatic rings. The van der Waals surface area contributed by atoms with Gasteiger partial charge in [0.2, 0.25) is 0 Å². The monoisotopic (exact) mass is 881 g/mol. The van der Waals surface area contributed by atoms with Gasteiger partial charge < -0.3 is 9.13 Å². The van der Waals surface area contributed by atoms with E-state index in [0.717, 1.165) is 35.2 Å². The first-order valence-electron chi connectivity index (χ1n) is 23.8. The Morgan fingerprint density at radius 2 is 0.899 bits per heavy atom. The Bertz CT molecular complexity index is 3940. The number of para-hydroxylation sites is 3. The lowest BCUT2D eigenvalue weighted by molar-refractivity contribution is 0.771. The van der Waals surface area contributed by atoms with Crippen molar-refractivity contribution in [1.29, 1.82) is 0 Å². The number of hydrogen-bond donors (Lipinski definition) is 0. The lowest BCUT2D eigenvalue weighted by Crippen LogP contribution is -2.28. The average Bonchev–Trinajstić information content (AvgIpc) is 4.05. The maximum atomic E-state index is 5.26. The summed E-state index contributed by atoms with van der Waals surface area (Å²) < 4.78 is 4.86. The van der Waals surface area contributed by atoms with Gasteiger partial charge in [-0.05, 0) is 119 Å². The van der Waals surface area contributed by atoms with Crippen LogP contribution >= 0.6 is 0 Å². The maximum absolute atomic E-state index is 5.26. The highest BCUT2D eigenvalue weighted by molar-refractivity contribution is 6.10. The summed E-state index contributed by atoms with van der Waals surface area (Å²) in [5, 5.41) is 3.72. The van der Waals surface area contributed by atoms with Crippen molar-refractivity contribution in [2.24, 2.45) is 0 Å². The SMILES string of the molecule is C1=Cc2c(c3cc(C4(c5ccc6c(c5)c5ccccc5n6-c5ccccc5)c5ccccc5-c5ccc(-c6nc(-c7ccccc7)nc(-c7ccccc7)n6)cc54)ccc3n2-c2ccccc2)CC1. The first-order chi connectivity index (χ1) is 34.2. The van der Waals surface area contributed by atoms with Gasteiger partial charge in [-0.3, -0.25) is 0 Å². The second-order valence-corrected chi connectivity index (χ2v) is 18.2. The van der Waals surface area contributed by atoms with E-state index in [0.29, 0.717) is 17.5 Å². The number of fused-ring (bicyclic) bond motifs is 9. The number of aromatic nitrogens is 5. The van der Waals surface area contributed by atoms with E-state index in [2.05, 4.69) is 209 Å². The average molecular weight is 882 g/mol. The molecule has 2 aliphatic carbocycles. The molecule has 9 aromatic carbocycles. The Morgan fingerprint density at radius 3 is 1.58 bits per heavy atom. The van der Waals surface area contributed by atoms with Gasteiger partial charge in [0.25, 0.3) is 0 Å². The first-order valence-corrected chi connectivity index (χ1v) is 23.8. The highest BCUT2D eigenvalue weighted by atomic mass is 15.0. The van der Waals surface area contributed by atoms with E-state index in [-0.39, 0.29) is 0 Å². The minimum Gasteiger partial charge on any atom is -0.310 e. The Labute approximate surface area is 400 Å². The maximum Gasteiger partial charge on any atom is 0.164 e. The number of nitrogens with zero attached hydrogens (tertiary/aromatic N) is 5. The van der Waals surface area contributed by atoms with Crippen LogP contribution in [0.4, 0.5) is 0 Å². The number of allylic oxidation sites excluding steroid dienone is 1. The summed E-state index contributed by atoms with van der Waals surface area (Å²) in [5.41, 5.74) is 17.9. The molecule has 14 rings (SSSR count). The molecule has 0 aliphatic heterocycles. The molecular weight excluding hydrogens is 839 g/mol. The summed E-state index contributed by atoms with van der Waals surface area (Å²) in [6, 6.07) is 81.3. The second-order valence-electron chi connectivity index (χ2n) is 18.2. The van der Waals surface area contributed by atoms with E-state index in [1.54, 1.807) is 0 Å². The van der Waals surface area contributed by atoms with E-state index < -0.39 is 5.41 Å². The van der Waals surface area contributed by atoms with Crippen molar-refractivity contribution >= 4 is 38.8 Å². The molecule has 69 heavy (non-hydrogen) atoms. The van der Waals surface area contributed by atoms with Gasteiger partial charge in [0.05, 0.1) is 22.0 Å². The van der Waals surface area contributed by atoms with Crippen LogP contribution in [0.15, 0.2) is 231 Å². The van der Waals surface area contributed by atoms with Gasteiger partial charge in [0.15, 0.2) is 17.5 Å². The van der Waals surface area contributed by atoms with Gasteiger partial charge in [-0.1, -0.05) is 170 Å². The fourth-order valence-electron chi connectivity index (χ4n) is 11.5. The van der Waals surface area contributed by atoms with E-state index in [1.165, 1.54) is 83.0 Å². The molecule has 0 spiro atoms. The van der Waals surface area contributed by atoms with Crippen LogP contribution in [0.3, 0.4) is 0 Å². The fraction of sp³-hybridized carbons (Fsp3) is 0.0469. The molecule has 2 aliphatic rings. The van der Waals surface area contributed by atoms with E-state index in [4.69, 9.17) is 15.0 Å². The number of hydrogen-bond acceptors (Lipinski definition) is 3. The third-order valence-electron chi connectivity index (χ3n) is 14.5. The molecule has 1 atom stereocenters. The van der Waals surface area contributed by atoms with Crippen LogP contribution < -0.4 is 0 Å². The smallest absolute Gasteiger partial charge is 0.164 e. The van der Waals surface area contributed by atoms with Crippen molar-refractivity contribution in [2.45, 2.75) is 18.3 Å². The molecule has 0 amide bonds. The molecule has 0 saturated carbocycles. The Balaban J connectivity index is 1.08. The molecule has 0 bridgehead atoms. The standard InChI is InChI=1S/C64H43N5/c1-5-19-42(20-6-1)61-65-62(43-21-7-2-8-22-43)67-63(66-61)44-33-36-50-49-27-13-16-30-55(49)64(56(50)39-44,45-34-37-59-53(40-45)51-28-14-17-31-57(51)68(59)47-23-9-3-10-24-47)46-35-38-60-54(41-46)52-29-15-18-32-58(52)69(60)48-25-11-4-12-26-48/h1-14,16-28,30-41H,15,29H2. The summed E-state index contributed by atoms with van der Waals surface area (Å²) in [7, 11) is 0. The van der Waals surface area contributed by atoms with Crippen LogP contribution in [-0.4, -0.2) is 24.1 Å². The quantitative estimate of drug-likeness (QED) is 0.160. The molecule has 0 radical (unpaired) electrons. The lowest BCUT2D eigenvalue weighted by Gasteiger charge is -2.34. The van der Waals surface area contributed by atoms with Crippen molar-refractivity contribution < 1.29 is 0 Å². The van der Waals surface area contributed by atoms with Crippen LogP contribution in [0.25, 0.3) is 95.5 Å². The van der Waals surface area contributed by atoms with Crippen LogP contribution in [-0.2, 0) is 11.8 Å². The molecule has 324 valence electrons. The first kappa shape index (κ1) is 39.3. The molecule has 0 fully saturated rings. The van der Waals surface area contributed by atoms with Gasteiger partial charge in [-0.15, -0.1) is 0 Å². The highest BCUT2D eigenvalue weighted by Gasteiger charge is 2.47. The molecule has 3 aromatic heterocycles. The predicted octanol–water partition coefficient (Wildman–Crippen LogP) is 15.2. The number of aryl methyl sites for hydroxylation is 1. The second kappa shape index (κ2) is 15.6. The molecule has 1 unspecified atom stereocenters. The van der Waals surface area contributed by atoms with Crippen LogP contribution in [0.2, 0.25) is 0 Å². The summed E-state index contributed by atoms with van der Waals surface area (Å²) in [6.45, 7) is 0. The van der Waals surface area contributed by atoms with Gasteiger partial charge >= 0.3 is 0 Å². The zero-order valence-corrected chi connectivity index (χ0v) is 37.7. The van der Waals surface area contributed by atoms with Crippen molar-refractivity contribution in [3.63, 3.8) is 0 Å². The largest absolute Gasteiger partial charge is 0.310 e. The normalized spacial score (nSPS) is 14.8. The molecule has 5 heteroatoms. The molecule has 0 saturated heterocycles. The van der Waals surface area contributed by atoms with Crippen molar-refractivity contribution in [2.75, 3.05) is 0 Å². The van der Waals surface area contributed by atoms with E-state index >= 15 is 0 Å². The van der Waals surface area contributed by atoms with Crippen LogP contribution in [0.1, 0.15) is 39.9 Å². The molecule has 5 nitrogen and oxygen atoms in total. The topological polar surface area (TPSA) is 48.5 Å². The Hall–Kier alpha value is -8.93. The molecule has 0 N–H and O–H groups in total. The summed E-state index contributed by atoms with van der Waals surface area (Å²) >= 11 is 0. The Morgan fingerprint density at radius 1 is 0.377 bits per heavy atom. The van der Waals surface area contributed by atoms with Crippen molar-refractivity contribution in [3.05, 3.63) is 264 Å². The lowest BCUT2D eigenvalue weighted by atomic mass is 9.67. The minimum absolute atomic E-state index is 0.632. The number of benzene rings is 9. The zero-order chi connectivity index (χ0) is 45.5. The summed E-state index contributed by atoms with van der Waals surface area (Å²) in [5.74, 6) is 1.91. The summed E-state index contributed by atoms with van der Waals surface area (Å²) in [4.78, 5) is 15.6. The van der Waals surface area contributed by atoms with Crippen molar-refractivity contribution in [1.82, 2.24) is 24.1 Å². The fourth-order valence-corrected chi connectivity index (χ4v) is 11.5. The predicted molar refractivity (Wildman–Crippen MR) is 282 cm³/mol. The van der Waals surface area contributed by atoms with E-state index in [1.807, 2.05) is 36.4 Å². The molecule has 3 heterocycles. The van der Waals surface area contributed by atoms with Crippen LogP contribution in [0, 0.1) is 0 Å². The number of rotatable bonds is 7. The van der Waals surface area contributed by atoms with E-state index in [9.17, 15) is 0 Å². The van der Waals surface area contributed by atoms with Gasteiger partial charge in [-0.2, -0.15) is 0 Å². The molecular formula is C64H43N5.